The average Bonchev–Trinajstić information content (AvgIpc) is 1.06. The summed E-state index contributed by atoms with van der Waals surface area (Å²) < 4.78 is 5.83. The predicted octanol–water partition coefficient (Wildman–Crippen LogP) is 30.8. The average molecular weight is 1900 g/mol. The van der Waals surface area contributed by atoms with E-state index in [-0.39, 0.29) is 0 Å². The molecule has 0 bridgehead atoms. The van der Waals surface area contributed by atoms with Crippen LogP contribution < -0.4 is 36.5 Å². The monoisotopic (exact) mass is 1900 g/mol. The van der Waals surface area contributed by atoms with Gasteiger partial charge in [-0.3, -0.25) is 0 Å². The van der Waals surface area contributed by atoms with Crippen molar-refractivity contribution in [2.24, 2.45) is 0 Å². The molecule has 630 valence electrons. The Morgan fingerprint density at radius 2 is 0.612 bits per heavy atom. The molecule has 1 aliphatic carbocycles. The molecule has 2 aliphatic rings. The first kappa shape index (κ1) is 86.9. The van der Waals surface area contributed by atoms with Crippen molar-refractivity contribution in [2.75, 3.05) is 44.3 Å². The van der Waals surface area contributed by atoms with E-state index in [9.17, 15) is 10.0 Å². The number of hydrogen-bond donors (Lipinski definition) is 4. The van der Waals surface area contributed by atoms with Crippen LogP contribution in [0.2, 0.25) is 0 Å². The number of para-hydroxylation sites is 8. The van der Waals surface area contributed by atoms with Crippen LogP contribution in [0.4, 0.5) is 79.6 Å². The van der Waals surface area contributed by atoms with Crippen molar-refractivity contribution in [3.8, 4) is 55.6 Å². The van der Waals surface area contributed by atoms with Crippen LogP contribution in [0.25, 0.3) is 98.5 Å². The summed E-state index contributed by atoms with van der Waals surface area (Å²) >= 11 is 9.46. The molecule has 1 fully saturated rings. The molecule has 0 spiro atoms. The third kappa shape index (κ3) is 20.0. The van der Waals surface area contributed by atoms with Gasteiger partial charge in [-0.05, 0) is 287 Å². The molecule has 1 saturated heterocycles. The van der Waals surface area contributed by atoms with Crippen molar-refractivity contribution in [3.05, 3.63) is 478 Å². The van der Waals surface area contributed by atoms with Gasteiger partial charge in [0.05, 0.1) is 17.8 Å². The Bertz CT molecular complexity index is 6850. The van der Waals surface area contributed by atoms with Gasteiger partial charge in [0.2, 0.25) is 0 Å². The molecule has 0 aromatic heterocycles. The zero-order valence-electron chi connectivity index (χ0n) is 70.7. The van der Waals surface area contributed by atoms with E-state index in [2.05, 4.69) is 430 Å². The Balaban J connectivity index is 0.000000141. The zero-order chi connectivity index (χ0) is 88.2. The van der Waals surface area contributed by atoms with Crippen LogP contribution in [-0.2, 0) is 17.5 Å². The van der Waals surface area contributed by atoms with Crippen LogP contribution in [0, 0.1) is 6.08 Å². The number of benzene rings is 19. The van der Waals surface area contributed by atoms with Gasteiger partial charge in [-0.2, -0.15) is 0 Å². The maximum atomic E-state index is 9.63. The van der Waals surface area contributed by atoms with Gasteiger partial charge in [0.1, 0.15) is 17.2 Å². The number of fused-ring (bicyclic) bond motifs is 4. The first-order valence-electron chi connectivity index (χ1n) is 43.0. The Hall–Kier alpha value is -14.2. The van der Waals surface area contributed by atoms with E-state index in [1.165, 1.54) is 34.7 Å². The summed E-state index contributed by atoms with van der Waals surface area (Å²) in [5.41, 5.74) is 42.0. The molecule has 1 aliphatic heterocycles. The normalized spacial score (nSPS) is 11.6. The first-order chi connectivity index (χ1) is 63.6. The molecule has 0 unspecified atom stereocenters. The minimum atomic E-state index is -1.48. The second-order valence-corrected chi connectivity index (χ2v) is 31.9. The Morgan fingerprint density at radius 1 is 0.295 bits per heavy atom. The van der Waals surface area contributed by atoms with Crippen LogP contribution in [0.3, 0.4) is 0 Å². The fourth-order valence-corrected chi connectivity index (χ4v) is 17.6. The van der Waals surface area contributed by atoms with Crippen LogP contribution >= 0.6 is 36.3 Å². The number of halogens is 2. The van der Waals surface area contributed by atoms with Crippen LogP contribution in [0.1, 0.15) is 24.0 Å². The number of allylic oxidation sites excluding steroid dienone is 2. The molecule has 19 aromatic carbocycles. The second kappa shape index (κ2) is 42.0. The van der Waals surface area contributed by atoms with Crippen molar-refractivity contribution in [1.29, 1.82) is 0 Å². The van der Waals surface area contributed by atoms with Gasteiger partial charge in [0.15, 0.2) is 4.48 Å². The van der Waals surface area contributed by atoms with Crippen molar-refractivity contribution in [2.45, 2.75) is 12.8 Å². The number of hydrogen-bond acceptors (Lipinski definition) is 9. The topological polar surface area (TPSA) is 115 Å². The molecule has 9 nitrogen and oxygen atoms in total. The summed E-state index contributed by atoms with van der Waals surface area (Å²) in [4.78, 5) is 9.07. The summed E-state index contributed by atoms with van der Waals surface area (Å²) in [6.07, 6.45) is 9.74. The number of ether oxygens (including phenoxy) is 1. The van der Waals surface area contributed by atoms with Gasteiger partial charge in [0.25, 0.3) is 0 Å². The van der Waals surface area contributed by atoms with Crippen molar-refractivity contribution in [1.82, 2.24) is 0 Å². The van der Waals surface area contributed by atoms with E-state index in [4.69, 9.17) is 16.2 Å². The van der Waals surface area contributed by atoms with E-state index in [0.717, 1.165) is 174 Å². The standard InChI is InChI=1S/C56H41N3.C28H22BNO2.C28H20BrN2.C4H8O.Cu.HI/c57-55-38-37-50(41-29-34-49(35-30-41)59(46-20-9-3-10-21-46)47-22-11-4-12-23-47)53-25-14-26-54(56(53)55)52-24-13-15-43-39-42(31-36-51(43)52)40-27-32-48(33-28-40)58(44-16-5-1-6-17-44)45-18-7-2-8-19-45;31-29(32)28-13-7-8-23-20-22(16-19-27(23)28)21-14-17-26(18-15-21)30(24-9-3-1-4-10-24)25-11-5-2-6-12-25;29-26-13-7-12-25-24(18-19-27(30)28(25)26)20-14-16-23(17-15-20)31(21-8-3-1-4-9-21)22-10-5-2-6-11-22;1-2-4-5-3-1;;/h1-39H,57H2;1-20,31-32H;1-12,14-19H,30H2;1-4H2;;1H/q;;+1;;+1;/p-1. The third-order valence-electron chi connectivity index (χ3n) is 23.1. The van der Waals surface area contributed by atoms with E-state index >= 15 is 0 Å². The zero-order valence-corrected chi connectivity index (χ0v) is 75.4. The number of anilines is 14. The van der Waals surface area contributed by atoms with Gasteiger partial charge in [0, 0.05) is 98.1 Å². The summed E-state index contributed by atoms with van der Waals surface area (Å²) in [7, 11) is -1.48. The van der Waals surface area contributed by atoms with Crippen LogP contribution in [-0.4, -0.2) is 30.4 Å². The van der Waals surface area contributed by atoms with E-state index < -0.39 is 7.12 Å². The molecule has 6 N–H and O–H groups in total. The van der Waals surface area contributed by atoms with Crippen LogP contribution in [0.15, 0.2) is 461 Å². The van der Waals surface area contributed by atoms with E-state index in [1.807, 2.05) is 84.9 Å². The molecule has 13 heteroatoms. The summed E-state index contributed by atoms with van der Waals surface area (Å²) in [6.45, 7) is 2.00. The molecule has 0 radical (unpaired) electrons. The summed E-state index contributed by atoms with van der Waals surface area (Å²) in [6, 6.07) is 158. The number of rotatable bonds is 18. The van der Waals surface area contributed by atoms with Crippen molar-refractivity contribution >= 4 is 171 Å². The minimum absolute atomic E-state index is 0.519. The molecule has 1 heterocycles. The van der Waals surface area contributed by atoms with Gasteiger partial charge in [-0.25, -0.2) is 0 Å². The van der Waals surface area contributed by atoms with Gasteiger partial charge in [-0.1, -0.05) is 279 Å². The van der Waals surface area contributed by atoms with E-state index in [0.29, 0.717) is 5.46 Å². The Morgan fingerprint density at radius 3 is 0.992 bits per heavy atom. The fraction of sp³-hybridized carbons (Fsp3) is 0.0345. The molecule has 129 heavy (non-hydrogen) atoms. The molecule has 21 rings (SSSR count). The van der Waals surface area contributed by atoms with Crippen molar-refractivity contribution in [3.63, 3.8) is 0 Å². The number of nitrogens with two attached hydrogens (primary N) is 2. The number of nitrogen functional groups attached to an aromatic ring is 2. The molecule has 0 saturated carbocycles. The molecule has 19 aromatic rings. The quantitative estimate of drug-likeness (QED) is 0.0289. The fourth-order valence-electron chi connectivity index (χ4n) is 17.0. The van der Waals surface area contributed by atoms with Gasteiger partial charge < -0.3 is 45.9 Å². The SMILES string of the molecule is C1CCOC1.Nc1ccc(-c2ccc(N(c3ccccc3)c3ccccc3)cc2)c2c1C(Br)=[C+]C=C2.Nc1ccc(-c2ccc(N(c3ccccc3)c3ccccc3)cc2)c2cccc(-c3cccc4cc(-c5ccc(N(c6ccccc6)c6ccccc6)cc5)ccc34)c12.OB(O)c1cccc2cc(-c3ccc(N(c4ccccc4)c4ccccc4)cc3)ccc12.[Cu][I]. The van der Waals surface area contributed by atoms with E-state index in [1.54, 1.807) is 26.4 Å². The van der Waals surface area contributed by atoms with Gasteiger partial charge >= 0.3 is 40.2 Å². The summed E-state index contributed by atoms with van der Waals surface area (Å²) in [5.74, 6) is 0. The van der Waals surface area contributed by atoms with Crippen LogP contribution in [0.5, 0.6) is 0 Å². The second-order valence-electron chi connectivity index (χ2n) is 31.1. The molecular formula is C116H91BBrCuIN6O3+. The first-order valence-corrected chi connectivity index (χ1v) is 46.8. The summed E-state index contributed by atoms with van der Waals surface area (Å²) in [5, 5.41) is 25.7. The predicted molar refractivity (Wildman–Crippen MR) is 555 cm³/mol. The maximum absolute atomic E-state index is 9.63. The van der Waals surface area contributed by atoms with Gasteiger partial charge in [-0.15, -0.1) is 0 Å². The Labute approximate surface area is 783 Å². The number of nitrogens with zero attached hydrogens (tertiary/aromatic N) is 4. The van der Waals surface area contributed by atoms with Crippen molar-refractivity contribution < 1.29 is 27.5 Å². The molecule has 0 amide bonds. The molecular weight excluding hydrogens is 1810 g/mol. The third-order valence-corrected chi connectivity index (χ3v) is 23.8. The Kier molecular flexibility index (Phi) is 28.3. The molecule has 0 atom stereocenters.